The SMILES string of the molecule is CC(C)C(=O)c1cc(Cl)nc(C(F)(F)F)c1. The average molecular weight is 252 g/mol. The molecule has 1 heterocycles. The molecule has 16 heavy (non-hydrogen) atoms. The maximum Gasteiger partial charge on any atom is 0.433 e. The highest BCUT2D eigenvalue weighted by Crippen LogP contribution is 2.29. The van der Waals surface area contributed by atoms with Crippen LogP contribution in [0.5, 0.6) is 0 Å². The van der Waals surface area contributed by atoms with Crippen LogP contribution in [-0.2, 0) is 6.18 Å². The first-order valence-electron chi connectivity index (χ1n) is 4.51. The highest BCUT2D eigenvalue weighted by atomic mass is 35.5. The molecule has 88 valence electrons. The summed E-state index contributed by atoms with van der Waals surface area (Å²) < 4.78 is 37.1. The number of carbonyl (C=O) groups excluding carboxylic acids is 1. The van der Waals surface area contributed by atoms with E-state index in [0.29, 0.717) is 6.07 Å². The van der Waals surface area contributed by atoms with Gasteiger partial charge >= 0.3 is 6.18 Å². The number of rotatable bonds is 2. The van der Waals surface area contributed by atoms with Crippen molar-refractivity contribution in [1.29, 1.82) is 0 Å². The number of pyridine rings is 1. The molecule has 0 atom stereocenters. The Morgan fingerprint density at radius 3 is 2.38 bits per heavy atom. The van der Waals surface area contributed by atoms with Crippen molar-refractivity contribution in [1.82, 2.24) is 4.98 Å². The van der Waals surface area contributed by atoms with E-state index in [9.17, 15) is 18.0 Å². The van der Waals surface area contributed by atoms with Crippen LogP contribution in [0.3, 0.4) is 0 Å². The largest absolute Gasteiger partial charge is 0.433 e. The van der Waals surface area contributed by atoms with Crippen LogP contribution in [0.15, 0.2) is 12.1 Å². The zero-order valence-electron chi connectivity index (χ0n) is 8.60. The number of hydrogen-bond acceptors (Lipinski definition) is 2. The summed E-state index contributed by atoms with van der Waals surface area (Å²) in [6, 6.07) is 1.85. The van der Waals surface area contributed by atoms with Gasteiger partial charge < -0.3 is 0 Å². The molecule has 0 aromatic carbocycles. The lowest BCUT2D eigenvalue weighted by Gasteiger charge is -2.09. The molecule has 0 N–H and O–H groups in total. The molecule has 0 bridgehead atoms. The lowest BCUT2D eigenvalue weighted by Crippen LogP contribution is -2.13. The van der Waals surface area contributed by atoms with Gasteiger partial charge in [-0.2, -0.15) is 13.2 Å². The van der Waals surface area contributed by atoms with Crippen molar-refractivity contribution < 1.29 is 18.0 Å². The lowest BCUT2D eigenvalue weighted by atomic mass is 10.0. The summed E-state index contributed by atoms with van der Waals surface area (Å²) in [6.07, 6.45) is -4.60. The molecular formula is C10H9ClF3NO. The molecule has 1 rings (SSSR count). The maximum absolute atomic E-state index is 12.4. The van der Waals surface area contributed by atoms with Gasteiger partial charge in [0.1, 0.15) is 10.8 Å². The van der Waals surface area contributed by atoms with Gasteiger partial charge in [0.25, 0.3) is 0 Å². The van der Waals surface area contributed by atoms with Crippen molar-refractivity contribution >= 4 is 17.4 Å². The maximum atomic E-state index is 12.4. The fourth-order valence-electron chi connectivity index (χ4n) is 1.12. The lowest BCUT2D eigenvalue weighted by molar-refractivity contribution is -0.141. The second kappa shape index (κ2) is 4.41. The molecule has 0 radical (unpaired) electrons. The van der Waals surface area contributed by atoms with Gasteiger partial charge in [-0.25, -0.2) is 4.98 Å². The molecule has 0 unspecified atom stereocenters. The summed E-state index contributed by atoms with van der Waals surface area (Å²) in [5, 5.41) is -0.334. The monoisotopic (exact) mass is 251 g/mol. The number of halogens is 4. The third kappa shape index (κ3) is 2.95. The Morgan fingerprint density at radius 2 is 1.94 bits per heavy atom. The predicted molar refractivity (Wildman–Crippen MR) is 53.4 cm³/mol. The number of Topliss-reactive ketones (excluding diaryl/α,β-unsaturated/α-hetero) is 1. The molecule has 2 nitrogen and oxygen atoms in total. The van der Waals surface area contributed by atoms with E-state index in [4.69, 9.17) is 11.6 Å². The second-order valence-corrected chi connectivity index (χ2v) is 3.97. The number of alkyl halides is 3. The summed E-state index contributed by atoms with van der Waals surface area (Å²) in [7, 11) is 0. The van der Waals surface area contributed by atoms with Crippen molar-refractivity contribution in [3.05, 3.63) is 28.5 Å². The molecule has 0 aliphatic heterocycles. The first-order valence-corrected chi connectivity index (χ1v) is 4.88. The molecule has 6 heteroatoms. The molecule has 0 fully saturated rings. The molecule has 0 saturated heterocycles. The number of nitrogens with zero attached hydrogens (tertiary/aromatic N) is 1. The van der Waals surface area contributed by atoms with E-state index < -0.39 is 17.7 Å². The minimum Gasteiger partial charge on any atom is -0.294 e. The van der Waals surface area contributed by atoms with Gasteiger partial charge in [0, 0.05) is 11.5 Å². The summed E-state index contributed by atoms with van der Waals surface area (Å²) in [5.74, 6) is -0.783. The fourth-order valence-corrected chi connectivity index (χ4v) is 1.33. The Morgan fingerprint density at radius 1 is 1.38 bits per heavy atom. The Kier molecular flexibility index (Phi) is 3.57. The smallest absolute Gasteiger partial charge is 0.294 e. The Labute approximate surface area is 95.4 Å². The van der Waals surface area contributed by atoms with Gasteiger partial charge in [0.15, 0.2) is 5.78 Å². The van der Waals surface area contributed by atoms with Crippen LogP contribution in [0.25, 0.3) is 0 Å². The highest BCUT2D eigenvalue weighted by Gasteiger charge is 2.33. The molecule has 0 amide bonds. The molecule has 0 spiro atoms. The van der Waals surface area contributed by atoms with Crippen LogP contribution in [0, 0.1) is 5.92 Å². The van der Waals surface area contributed by atoms with Crippen molar-refractivity contribution in [3.63, 3.8) is 0 Å². The molecule has 1 aromatic heterocycles. The Bertz CT molecular complexity index is 415. The summed E-state index contributed by atoms with van der Waals surface area (Å²) in [6.45, 7) is 3.20. The van der Waals surface area contributed by atoms with Crippen LogP contribution in [-0.4, -0.2) is 10.8 Å². The second-order valence-electron chi connectivity index (χ2n) is 3.58. The van der Waals surface area contributed by atoms with E-state index in [1.165, 1.54) is 0 Å². The van der Waals surface area contributed by atoms with Crippen LogP contribution in [0.1, 0.15) is 29.9 Å². The van der Waals surface area contributed by atoms with E-state index in [2.05, 4.69) is 4.98 Å². The van der Waals surface area contributed by atoms with Crippen LogP contribution in [0.4, 0.5) is 13.2 Å². The first-order chi connectivity index (χ1) is 7.21. The third-order valence-electron chi connectivity index (χ3n) is 1.89. The zero-order valence-corrected chi connectivity index (χ0v) is 9.36. The van der Waals surface area contributed by atoms with Gasteiger partial charge in [-0.1, -0.05) is 25.4 Å². The van der Waals surface area contributed by atoms with Gasteiger partial charge in [-0.05, 0) is 12.1 Å². The summed E-state index contributed by atoms with van der Waals surface area (Å²) in [4.78, 5) is 14.7. The molecule has 0 aliphatic carbocycles. The predicted octanol–water partition coefficient (Wildman–Crippen LogP) is 3.59. The highest BCUT2D eigenvalue weighted by molar-refractivity contribution is 6.29. The molecule has 0 aliphatic rings. The van der Waals surface area contributed by atoms with Gasteiger partial charge in [-0.3, -0.25) is 4.79 Å². The minimum atomic E-state index is -4.60. The Balaban J connectivity index is 3.24. The van der Waals surface area contributed by atoms with Gasteiger partial charge in [0.2, 0.25) is 0 Å². The minimum absolute atomic E-state index is 0.0673. The quantitative estimate of drug-likeness (QED) is 0.594. The third-order valence-corrected chi connectivity index (χ3v) is 2.09. The van der Waals surface area contributed by atoms with Crippen LogP contribution in [0.2, 0.25) is 5.15 Å². The van der Waals surface area contributed by atoms with E-state index in [0.717, 1.165) is 6.07 Å². The topological polar surface area (TPSA) is 30.0 Å². The molecule has 0 saturated carbocycles. The van der Waals surface area contributed by atoms with E-state index in [1.807, 2.05) is 0 Å². The van der Waals surface area contributed by atoms with Gasteiger partial charge in [-0.15, -0.1) is 0 Å². The number of ketones is 1. The van der Waals surface area contributed by atoms with Crippen LogP contribution < -0.4 is 0 Å². The summed E-state index contributed by atoms with van der Waals surface area (Å²) in [5.41, 5.74) is -1.22. The van der Waals surface area contributed by atoms with E-state index in [-0.39, 0.29) is 16.6 Å². The first kappa shape index (κ1) is 13.0. The average Bonchev–Trinajstić information content (AvgIpc) is 2.14. The molecular weight excluding hydrogens is 243 g/mol. The van der Waals surface area contributed by atoms with Crippen molar-refractivity contribution in [2.45, 2.75) is 20.0 Å². The number of aromatic nitrogens is 1. The Hall–Kier alpha value is -1.10. The van der Waals surface area contributed by atoms with Crippen molar-refractivity contribution in [2.75, 3.05) is 0 Å². The van der Waals surface area contributed by atoms with Crippen molar-refractivity contribution in [3.8, 4) is 0 Å². The fraction of sp³-hybridized carbons (Fsp3) is 0.400. The summed E-state index contributed by atoms with van der Waals surface area (Å²) >= 11 is 5.44. The zero-order chi connectivity index (χ0) is 12.5. The normalized spacial score (nSPS) is 11.9. The van der Waals surface area contributed by atoms with E-state index in [1.54, 1.807) is 13.8 Å². The number of carbonyl (C=O) groups is 1. The van der Waals surface area contributed by atoms with Crippen LogP contribution >= 0.6 is 11.6 Å². The number of hydrogen-bond donors (Lipinski definition) is 0. The van der Waals surface area contributed by atoms with E-state index >= 15 is 0 Å². The van der Waals surface area contributed by atoms with Crippen molar-refractivity contribution in [2.24, 2.45) is 5.92 Å². The molecule has 1 aromatic rings. The van der Waals surface area contributed by atoms with Gasteiger partial charge in [0.05, 0.1) is 0 Å². The standard InChI is InChI=1S/C10H9ClF3NO/c1-5(2)9(16)6-3-7(10(12,13)14)15-8(11)4-6/h3-5H,1-2H3.